The summed E-state index contributed by atoms with van der Waals surface area (Å²) in [6.07, 6.45) is -4.41. The molecule has 0 radical (unpaired) electrons. The van der Waals surface area contributed by atoms with E-state index in [2.05, 4.69) is 5.32 Å². The zero-order valence-corrected chi connectivity index (χ0v) is 9.08. The summed E-state index contributed by atoms with van der Waals surface area (Å²) in [5.74, 6) is -1.12. The molecule has 17 heavy (non-hydrogen) atoms. The van der Waals surface area contributed by atoms with Gasteiger partial charge in [-0.25, -0.2) is 0 Å². The first-order valence-electron chi connectivity index (χ1n) is 4.99. The van der Waals surface area contributed by atoms with Crippen LogP contribution in [0.25, 0.3) is 0 Å². The molecule has 1 unspecified atom stereocenters. The van der Waals surface area contributed by atoms with Gasteiger partial charge in [0.15, 0.2) is 0 Å². The molecule has 0 aliphatic heterocycles. The Morgan fingerprint density at radius 2 is 1.88 bits per heavy atom. The maximum absolute atomic E-state index is 12.3. The van der Waals surface area contributed by atoms with Crippen molar-refractivity contribution in [1.82, 2.24) is 5.32 Å². The van der Waals surface area contributed by atoms with Crippen molar-refractivity contribution >= 4 is 5.97 Å². The van der Waals surface area contributed by atoms with Gasteiger partial charge in [-0.2, -0.15) is 13.2 Å². The summed E-state index contributed by atoms with van der Waals surface area (Å²) in [6, 6.07) is 3.11. The molecule has 0 spiro atoms. The molecule has 2 N–H and O–H groups in total. The molecular formula is C11H12F3NO2. The van der Waals surface area contributed by atoms with Crippen LogP contribution in [-0.4, -0.2) is 17.6 Å². The summed E-state index contributed by atoms with van der Waals surface area (Å²) in [5, 5.41) is 11.6. The average Bonchev–Trinajstić information content (AvgIpc) is 2.24. The van der Waals surface area contributed by atoms with E-state index in [4.69, 9.17) is 5.11 Å². The predicted octanol–water partition coefficient (Wildman–Crippen LogP) is 2.44. The van der Waals surface area contributed by atoms with Gasteiger partial charge in [0.25, 0.3) is 0 Å². The minimum absolute atomic E-state index is 0.298. The predicted molar refractivity (Wildman–Crippen MR) is 55.5 cm³/mol. The Kier molecular flexibility index (Phi) is 4.11. The molecule has 0 bridgehead atoms. The molecular weight excluding hydrogens is 235 g/mol. The van der Waals surface area contributed by atoms with E-state index < -0.39 is 23.8 Å². The fraction of sp³-hybridized carbons (Fsp3) is 0.364. The minimum Gasteiger partial charge on any atom is -0.480 e. The van der Waals surface area contributed by atoms with Crippen LogP contribution in [0.4, 0.5) is 13.2 Å². The standard InChI is InChI=1S/C11H12F3NO2/c1-2-15-9(10(16)17)7-3-5-8(6-4-7)11(12,13)14/h3-6,9,15H,2H2,1H3,(H,16,17). The molecule has 1 aromatic carbocycles. The number of carbonyl (C=O) groups is 1. The van der Waals surface area contributed by atoms with Crippen molar-refractivity contribution < 1.29 is 23.1 Å². The molecule has 0 aromatic heterocycles. The lowest BCUT2D eigenvalue weighted by molar-refractivity contribution is -0.139. The van der Waals surface area contributed by atoms with Crippen molar-refractivity contribution in [3.05, 3.63) is 35.4 Å². The lowest BCUT2D eigenvalue weighted by Crippen LogP contribution is -2.28. The summed E-state index contributed by atoms with van der Waals surface area (Å²) < 4.78 is 36.9. The summed E-state index contributed by atoms with van der Waals surface area (Å²) >= 11 is 0. The first-order chi connectivity index (χ1) is 7.86. The second kappa shape index (κ2) is 5.18. The number of rotatable bonds is 4. The summed E-state index contributed by atoms with van der Waals surface area (Å²) in [6.45, 7) is 2.14. The normalized spacial score (nSPS) is 13.4. The number of likely N-dealkylation sites (N-methyl/N-ethyl adjacent to an activating group) is 1. The second-order valence-corrected chi connectivity index (χ2v) is 3.45. The quantitative estimate of drug-likeness (QED) is 0.859. The van der Waals surface area contributed by atoms with Crippen LogP contribution in [0.15, 0.2) is 24.3 Å². The number of alkyl halides is 3. The van der Waals surface area contributed by atoms with E-state index in [9.17, 15) is 18.0 Å². The maximum atomic E-state index is 12.3. The van der Waals surface area contributed by atoms with Crippen LogP contribution in [0, 0.1) is 0 Å². The number of carboxylic acids is 1. The molecule has 0 saturated carbocycles. The third-order valence-electron chi connectivity index (χ3n) is 2.23. The number of halogens is 3. The van der Waals surface area contributed by atoms with Crippen molar-refractivity contribution in [2.45, 2.75) is 19.1 Å². The van der Waals surface area contributed by atoms with Gasteiger partial charge in [0, 0.05) is 0 Å². The first kappa shape index (κ1) is 13.5. The Balaban J connectivity index is 2.96. The van der Waals surface area contributed by atoms with E-state index in [-0.39, 0.29) is 0 Å². The number of carboxylic acid groups (broad SMARTS) is 1. The van der Waals surface area contributed by atoms with Crippen LogP contribution in [0.5, 0.6) is 0 Å². The van der Waals surface area contributed by atoms with Crippen molar-refractivity contribution in [3.63, 3.8) is 0 Å². The highest BCUT2D eigenvalue weighted by molar-refractivity contribution is 5.75. The molecule has 3 nitrogen and oxygen atoms in total. The summed E-state index contributed by atoms with van der Waals surface area (Å²) in [7, 11) is 0. The smallest absolute Gasteiger partial charge is 0.416 e. The Labute approximate surface area is 96.3 Å². The number of hydrogen-bond acceptors (Lipinski definition) is 2. The van der Waals surface area contributed by atoms with Crippen molar-refractivity contribution in [3.8, 4) is 0 Å². The molecule has 0 fully saturated rings. The van der Waals surface area contributed by atoms with Gasteiger partial charge in [-0.05, 0) is 24.2 Å². The molecule has 1 atom stereocenters. The Hall–Kier alpha value is -1.56. The monoisotopic (exact) mass is 247 g/mol. The van der Waals surface area contributed by atoms with Gasteiger partial charge in [-0.3, -0.25) is 4.79 Å². The van der Waals surface area contributed by atoms with Gasteiger partial charge in [0.2, 0.25) is 0 Å². The van der Waals surface area contributed by atoms with Crippen LogP contribution in [0.3, 0.4) is 0 Å². The van der Waals surface area contributed by atoms with Crippen LogP contribution in [0.1, 0.15) is 24.1 Å². The van der Waals surface area contributed by atoms with Crippen molar-refractivity contribution in [1.29, 1.82) is 0 Å². The first-order valence-corrected chi connectivity index (χ1v) is 4.99. The largest absolute Gasteiger partial charge is 0.480 e. The minimum atomic E-state index is -4.41. The summed E-state index contributed by atoms with van der Waals surface area (Å²) in [5.41, 5.74) is -0.491. The second-order valence-electron chi connectivity index (χ2n) is 3.45. The average molecular weight is 247 g/mol. The number of hydrogen-bond donors (Lipinski definition) is 2. The Morgan fingerprint density at radius 1 is 1.35 bits per heavy atom. The van der Waals surface area contributed by atoms with Gasteiger partial charge >= 0.3 is 12.1 Å². The van der Waals surface area contributed by atoms with Crippen molar-refractivity contribution in [2.75, 3.05) is 6.54 Å². The number of nitrogens with one attached hydrogen (secondary N) is 1. The van der Waals surface area contributed by atoms with Gasteiger partial charge in [0.1, 0.15) is 6.04 Å². The van der Waals surface area contributed by atoms with E-state index in [0.717, 1.165) is 12.1 Å². The molecule has 0 aliphatic rings. The van der Waals surface area contributed by atoms with Crippen molar-refractivity contribution in [2.24, 2.45) is 0 Å². The van der Waals surface area contributed by atoms with Crippen LogP contribution in [-0.2, 0) is 11.0 Å². The van der Waals surface area contributed by atoms with Crippen LogP contribution >= 0.6 is 0 Å². The van der Waals surface area contributed by atoms with E-state index in [0.29, 0.717) is 12.1 Å². The highest BCUT2D eigenvalue weighted by Gasteiger charge is 2.30. The van der Waals surface area contributed by atoms with Crippen LogP contribution < -0.4 is 5.32 Å². The topological polar surface area (TPSA) is 49.3 Å². The van der Waals surface area contributed by atoms with Gasteiger partial charge in [-0.1, -0.05) is 19.1 Å². The fourth-order valence-corrected chi connectivity index (χ4v) is 1.42. The molecule has 1 rings (SSSR count). The molecule has 0 amide bonds. The highest BCUT2D eigenvalue weighted by atomic mass is 19.4. The molecule has 1 aromatic rings. The SMILES string of the molecule is CCNC(C(=O)O)c1ccc(C(F)(F)F)cc1. The number of benzene rings is 1. The highest BCUT2D eigenvalue weighted by Crippen LogP contribution is 2.29. The molecule has 0 saturated heterocycles. The number of aliphatic carboxylic acids is 1. The van der Waals surface area contributed by atoms with E-state index in [1.54, 1.807) is 6.92 Å². The van der Waals surface area contributed by atoms with E-state index >= 15 is 0 Å². The molecule has 0 aliphatic carbocycles. The zero-order valence-electron chi connectivity index (χ0n) is 9.08. The zero-order chi connectivity index (χ0) is 13.1. The Morgan fingerprint density at radius 3 is 2.24 bits per heavy atom. The molecule has 0 heterocycles. The van der Waals surface area contributed by atoms with Crippen LogP contribution in [0.2, 0.25) is 0 Å². The third kappa shape index (κ3) is 3.45. The molecule has 6 heteroatoms. The Bertz CT molecular complexity index is 387. The third-order valence-corrected chi connectivity index (χ3v) is 2.23. The molecule has 94 valence electrons. The van der Waals surface area contributed by atoms with E-state index in [1.165, 1.54) is 12.1 Å². The lowest BCUT2D eigenvalue weighted by Gasteiger charge is -2.14. The van der Waals surface area contributed by atoms with E-state index in [1.807, 2.05) is 0 Å². The van der Waals surface area contributed by atoms with Gasteiger partial charge in [-0.15, -0.1) is 0 Å². The van der Waals surface area contributed by atoms with Gasteiger partial charge in [0.05, 0.1) is 5.56 Å². The fourth-order valence-electron chi connectivity index (χ4n) is 1.42. The maximum Gasteiger partial charge on any atom is 0.416 e. The van der Waals surface area contributed by atoms with Gasteiger partial charge < -0.3 is 10.4 Å². The summed E-state index contributed by atoms with van der Waals surface area (Å²) in [4.78, 5) is 10.9. The lowest BCUT2D eigenvalue weighted by atomic mass is 10.0.